The van der Waals surface area contributed by atoms with Crippen molar-refractivity contribution in [3.63, 3.8) is 0 Å². The van der Waals surface area contributed by atoms with E-state index in [0.29, 0.717) is 0 Å². The SMILES string of the molecule is CCNC(CC1CC2CCC1C2)C1CCC(C)CC1. The Labute approximate surface area is 119 Å². The molecule has 0 spiro atoms. The Morgan fingerprint density at radius 3 is 2.37 bits per heavy atom. The molecule has 4 unspecified atom stereocenters. The van der Waals surface area contributed by atoms with Crippen LogP contribution in [0.1, 0.15) is 71.6 Å². The quantitative estimate of drug-likeness (QED) is 0.763. The summed E-state index contributed by atoms with van der Waals surface area (Å²) in [6.45, 7) is 5.89. The highest BCUT2D eigenvalue weighted by molar-refractivity contribution is 4.93. The molecule has 3 saturated carbocycles. The van der Waals surface area contributed by atoms with Gasteiger partial charge in [-0.25, -0.2) is 0 Å². The Balaban J connectivity index is 1.55. The molecule has 0 aromatic heterocycles. The topological polar surface area (TPSA) is 12.0 Å². The lowest BCUT2D eigenvalue weighted by atomic mass is 9.74. The highest BCUT2D eigenvalue weighted by atomic mass is 14.9. The van der Waals surface area contributed by atoms with Gasteiger partial charge in [-0.15, -0.1) is 0 Å². The predicted octanol–water partition coefficient (Wildman–Crippen LogP) is 4.62. The van der Waals surface area contributed by atoms with E-state index in [9.17, 15) is 0 Å². The minimum absolute atomic E-state index is 0.835. The summed E-state index contributed by atoms with van der Waals surface area (Å²) in [5.74, 6) is 5.26. The molecule has 0 amide bonds. The fourth-order valence-corrected chi connectivity index (χ4v) is 5.38. The van der Waals surface area contributed by atoms with Crippen molar-refractivity contribution in [2.24, 2.45) is 29.6 Å². The molecule has 2 bridgehead atoms. The minimum atomic E-state index is 0.835. The smallest absolute Gasteiger partial charge is 0.00979 e. The molecule has 0 heterocycles. The first kappa shape index (κ1) is 13.9. The van der Waals surface area contributed by atoms with E-state index < -0.39 is 0 Å². The molecule has 3 aliphatic rings. The molecule has 19 heavy (non-hydrogen) atoms. The fraction of sp³-hybridized carbons (Fsp3) is 1.00. The van der Waals surface area contributed by atoms with Crippen molar-refractivity contribution >= 4 is 0 Å². The number of fused-ring (bicyclic) bond motifs is 2. The molecule has 0 aliphatic heterocycles. The first-order chi connectivity index (χ1) is 9.26. The molecule has 0 aromatic carbocycles. The number of hydrogen-bond donors (Lipinski definition) is 1. The monoisotopic (exact) mass is 263 g/mol. The van der Waals surface area contributed by atoms with Gasteiger partial charge in [0.25, 0.3) is 0 Å². The molecule has 3 rings (SSSR count). The van der Waals surface area contributed by atoms with E-state index in [2.05, 4.69) is 19.2 Å². The van der Waals surface area contributed by atoms with Crippen LogP contribution in [0.15, 0.2) is 0 Å². The van der Waals surface area contributed by atoms with Crippen LogP contribution in [0.2, 0.25) is 0 Å². The Morgan fingerprint density at radius 2 is 1.79 bits per heavy atom. The van der Waals surface area contributed by atoms with Gasteiger partial charge in [-0.2, -0.15) is 0 Å². The second-order valence-electron chi connectivity index (χ2n) is 7.85. The maximum absolute atomic E-state index is 3.85. The lowest BCUT2D eigenvalue weighted by Gasteiger charge is -2.36. The third kappa shape index (κ3) is 3.17. The van der Waals surface area contributed by atoms with Gasteiger partial charge in [-0.1, -0.05) is 33.1 Å². The maximum Gasteiger partial charge on any atom is 0.00979 e. The summed E-state index contributed by atoms with van der Waals surface area (Å²) in [6.07, 6.45) is 13.7. The van der Waals surface area contributed by atoms with Crippen molar-refractivity contribution in [2.75, 3.05) is 6.54 Å². The molecule has 0 aromatic rings. The third-order valence-corrected chi connectivity index (χ3v) is 6.54. The average Bonchev–Trinajstić information content (AvgIpc) is 3.01. The van der Waals surface area contributed by atoms with E-state index >= 15 is 0 Å². The van der Waals surface area contributed by atoms with Crippen molar-refractivity contribution in [3.05, 3.63) is 0 Å². The summed E-state index contributed by atoms with van der Waals surface area (Å²) >= 11 is 0. The van der Waals surface area contributed by atoms with Crippen LogP contribution in [0.4, 0.5) is 0 Å². The van der Waals surface area contributed by atoms with Crippen LogP contribution in [0.5, 0.6) is 0 Å². The van der Waals surface area contributed by atoms with E-state index in [1.54, 1.807) is 25.7 Å². The first-order valence-electron chi connectivity index (χ1n) is 8.99. The van der Waals surface area contributed by atoms with Crippen molar-refractivity contribution in [1.82, 2.24) is 5.32 Å². The van der Waals surface area contributed by atoms with Gasteiger partial charge >= 0.3 is 0 Å². The zero-order valence-electron chi connectivity index (χ0n) is 13.0. The van der Waals surface area contributed by atoms with Gasteiger partial charge in [-0.05, 0) is 74.7 Å². The van der Waals surface area contributed by atoms with Crippen LogP contribution >= 0.6 is 0 Å². The number of nitrogens with one attached hydrogen (secondary N) is 1. The van der Waals surface area contributed by atoms with Gasteiger partial charge in [0.15, 0.2) is 0 Å². The van der Waals surface area contributed by atoms with E-state index in [1.165, 1.54) is 32.1 Å². The molecular weight excluding hydrogens is 230 g/mol. The maximum atomic E-state index is 3.85. The second-order valence-corrected chi connectivity index (χ2v) is 7.85. The zero-order chi connectivity index (χ0) is 13.2. The summed E-state index contributed by atoms with van der Waals surface area (Å²) in [5.41, 5.74) is 0. The molecule has 1 N–H and O–H groups in total. The molecule has 1 heteroatoms. The predicted molar refractivity (Wildman–Crippen MR) is 82.1 cm³/mol. The molecule has 110 valence electrons. The van der Waals surface area contributed by atoms with Crippen molar-refractivity contribution in [2.45, 2.75) is 77.7 Å². The van der Waals surface area contributed by atoms with E-state index in [0.717, 1.165) is 42.2 Å². The first-order valence-corrected chi connectivity index (χ1v) is 8.99. The average molecular weight is 263 g/mol. The minimum Gasteiger partial charge on any atom is -0.314 e. The standard InChI is InChI=1S/C18H33N/c1-3-19-18(15-7-4-13(2)5-8-15)12-17-11-14-6-9-16(17)10-14/h13-19H,3-12H2,1-2H3. The van der Waals surface area contributed by atoms with Crippen LogP contribution in [-0.4, -0.2) is 12.6 Å². The van der Waals surface area contributed by atoms with E-state index in [1.807, 2.05) is 0 Å². The molecule has 3 fully saturated rings. The summed E-state index contributed by atoms with van der Waals surface area (Å²) in [7, 11) is 0. The van der Waals surface area contributed by atoms with E-state index in [4.69, 9.17) is 0 Å². The summed E-state index contributed by atoms with van der Waals surface area (Å²) in [6, 6.07) is 0.835. The van der Waals surface area contributed by atoms with E-state index in [-0.39, 0.29) is 0 Å². The highest BCUT2D eigenvalue weighted by Crippen LogP contribution is 2.50. The van der Waals surface area contributed by atoms with Crippen LogP contribution in [0, 0.1) is 29.6 Å². The molecule has 4 atom stereocenters. The van der Waals surface area contributed by atoms with Gasteiger partial charge in [-0.3, -0.25) is 0 Å². The molecule has 1 nitrogen and oxygen atoms in total. The van der Waals surface area contributed by atoms with Crippen molar-refractivity contribution in [1.29, 1.82) is 0 Å². The Kier molecular flexibility index (Phi) is 4.51. The lowest BCUT2D eigenvalue weighted by molar-refractivity contribution is 0.186. The lowest BCUT2D eigenvalue weighted by Crippen LogP contribution is -2.40. The summed E-state index contributed by atoms with van der Waals surface area (Å²) in [4.78, 5) is 0. The molecule has 0 saturated heterocycles. The van der Waals surface area contributed by atoms with Crippen LogP contribution < -0.4 is 5.32 Å². The normalized spacial score (nSPS) is 43.6. The zero-order valence-corrected chi connectivity index (χ0v) is 13.0. The Hall–Kier alpha value is -0.0400. The fourth-order valence-electron chi connectivity index (χ4n) is 5.38. The van der Waals surface area contributed by atoms with Gasteiger partial charge in [0.05, 0.1) is 0 Å². The van der Waals surface area contributed by atoms with Gasteiger partial charge in [0.2, 0.25) is 0 Å². The summed E-state index contributed by atoms with van der Waals surface area (Å²) in [5, 5.41) is 3.85. The van der Waals surface area contributed by atoms with Crippen LogP contribution in [0.3, 0.4) is 0 Å². The summed E-state index contributed by atoms with van der Waals surface area (Å²) < 4.78 is 0. The third-order valence-electron chi connectivity index (χ3n) is 6.54. The molecule has 3 aliphatic carbocycles. The number of hydrogen-bond acceptors (Lipinski definition) is 1. The van der Waals surface area contributed by atoms with Crippen LogP contribution in [0.25, 0.3) is 0 Å². The van der Waals surface area contributed by atoms with Gasteiger partial charge in [0, 0.05) is 6.04 Å². The highest BCUT2D eigenvalue weighted by Gasteiger charge is 2.41. The Bertz CT molecular complexity index is 279. The van der Waals surface area contributed by atoms with Crippen LogP contribution in [-0.2, 0) is 0 Å². The van der Waals surface area contributed by atoms with Crippen molar-refractivity contribution < 1.29 is 0 Å². The molecular formula is C18H33N. The van der Waals surface area contributed by atoms with Gasteiger partial charge < -0.3 is 5.32 Å². The van der Waals surface area contributed by atoms with Crippen molar-refractivity contribution in [3.8, 4) is 0 Å². The van der Waals surface area contributed by atoms with Gasteiger partial charge in [0.1, 0.15) is 0 Å². The number of rotatable bonds is 5. The molecule has 0 radical (unpaired) electrons. The largest absolute Gasteiger partial charge is 0.314 e. The Morgan fingerprint density at radius 1 is 1.00 bits per heavy atom. The second kappa shape index (κ2) is 6.16.